The molecule has 1 aliphatic rings. The monoisotopic (exact) mass is 274 g/mol. The van der Waals surface area contributed by atoms with E-state index in [1.54, 1.807) is 0 Å². The van der Waals surface area contributed by atoms with Crippen molar-refractivity contribution in [1.29, 1.82) is 0 Å². The largest absolute Gasteiger partial charge is 0.359 e. The summed E-state index contributed by atoms with van der Waals surface area (Å²) in [5, 5.41) is 3.81. The van der Waals surface area contributed by atoms with Gasteiger partial charge in [-0.2, -0.15) is 0 Å². The lowest BCUT2D eigenvalue weighted by Crippen LogP contribution is -2.48. The van der Waals surface area contributed by atoms with Crippen LogP contribution in [0.4, 0.5) is 0 Å². The number of hydrogen-bond donors (Lipinski definition) is 6. The summed E-state index contributed by atoms with van der Waals surface area (Å²) in [5.41, 5.74) is 0. The first kappa shape index (κ1) is 14.3. The maximum atomic E-state index is 11.3. The van der Waals surface area contributed by atoms with Crippen molar-refractivity contribution in [1.82, 2.24) is 10.6 Å². The first-order valence-corrected chi connectivity index (χ1v) is 8.18. The van der Waals surface area contributed by atoms with Gasteiger partial charge in [0, 0.05) is 19.3 Å². The highest BCUT2D eigenvalue weighted by molar-refractivity contribution is 7.53. The molecule has 0 aromatic rings. The van der Waals surface area contributed by atoms with E-state index in [1.165, 1.54) is 0 Å². The van der Waals surface area contributed by atoms with Crippen LogP contribution in [-0.4, -0.2) is 44.2 Å². The van der Waals surface area contributed by atoms with Crippen LogP contribution in [0.5, 0.6) is 0 Å². The van der Waals surface area contributed by atoms with Crippen molar-refractivity contribution in [3.8, 4) is 0 Å². The Morgan fingerprint density at radius 1 is 1.06 bits per heavy atom. The number of hydrogen-bond acceptors (Lipinski definition) is 4. The summed E-state index contributed by atoms with van der Waals surface area (Å²) in [6.07, 6.45) is -0.365. The van der Waals surface area contributed by atoms with Crippen molar-refractivity contribution in [3.63, 3.8) is 0 Å². The third-order valence-corrected chi connectivity index (χ3v) is 4.88. The van der Waals surface area contributed by atoms with Gasteiger partial charge in [0.15, 0.2) is 5.40 Å². The molecule has 0 aromatic heterocycles. The summed E-state index contributed by atoms with van der Waals surface area (Å²) in [5.74, 6) is 0. The Morgan fingerprint density at radius 2 is 1.56 bits per heavy atom. The lowest BCUT2D eigenvalue weighted by Gasteiger charge is -2.30. The van der Waals surface area contributed by atoms with Crippen LogP contribution >= 0.6 is 15.2 Å². The molecule has 1 saturated heterocycles. The molecule has 1 heterocycles. The highest BCUT2D eigenvalue weighted by Gasteiger charge is 2.48. The predicted molar refractivity (Wildman–Crippen MR) is 56.9 cm³/mol. The second kappa shape index (κ2) is 4.84. The normalized spacial score (nSPS) is 21.2. The van der Waals surface area contributed by atoms with Crippen LogP contribution in [0, 0.1) is 0 Å². The molecule has 0 amide bonds. The molecule has 0 radical (unpaired) electrons. The molecule has 0 aliphatic carbocycles. The molecular formula is C6H16N2O6P2. The molecule has 0 spiro atoms. The van der Waals surface area contributed by atoms with Crippen LogP contribution < -0.4 is 10.6 Å². The van der Waals surface area contributed by atoms with Crippen LogP contribution in [-0.2, 0) is 9.13 Å². The van der Waals surface area contributed by atoms with Crippen LogP contribution in [0.1, 0.15) is 12.8 Å². The molecule has 8 nitrogen and oxygen atoms in total. The van der Waals surface area contributed by atoms with Gasteiger partial charge in [0.25, 0.3) is 0 Å². The molecule has 10 heteroatoms. The lowest BCUT2D eigenvalue weighted by molar-refractivity contribution is 0.284. The SMILES string of the molecule is O=P(O)(O)CCCC1(P(=O)(O)O)NCCN1. The van der Waals surface area contributed by atoms with E-state index >= 15 is 0 Å². The van der Waals surface area contributed by atoms with E-state index in [-0.39, 0.29) is 19.0 Å². The molecule has 0 unspecified atom stereocenters. The molecule has 0 saturated carbocycles. The molecule has 0 atom stereocenters. The van der Waals surface area contributed by atoms with Gasteiger partial charge in [-0.05, 0) is 12.8 Å². The zero-order chi connectivity index (χ0) is 12.4. The number of nitrogens with one attached hydrogen (secondary N) is 2. The van der Waals surface area contributed by atoms with Crippen LogP contribution in [0.3, 0.4) is 0 Å². The Bertz CT molecular complexity index is 330. The third kappa shape index (κ3) is 3.61. The van der Waals surface area contributed by atoms with Gasteiger partial charge in [-0.3, -0.25) is 19.8 Å². The summed E-state index contributed by atoms with van der Waals surface area (Å²) >= 11 is 0. The maximum Gasteiger partial charge on any atom is 0.359 e. The van der Waals surface area contributed by atoms with Crippen LogP contribution in [0.2, 0.25) is 0 Å². The fourth-order valence-electron chi connectivity index (χ4n) is 1.67. The Hall–Kier alpha value is 0.220. The minimum Gasteiger partial charge on any atom is -0.324 e. The van der Waals surface area contributed by atoms with E-state index < -0.39 is 20.6 Å². The van der Waals surface area contributed by atoms with E-state index in [0.717, 1.165) is 0 Å². The molecule has 0 aromatic carbocycles. The molecule has 1 rings (SSSR count). The minimum absolute atomic E-state index is 0.0254. The minimum atomic E-state index is -4.40. The van der Waals surface area contributed by atoms with Crippen molar-refractivity contribution in [2.24, 2.45) is 0 Å². The topological polar surface area (TPSA) is 139 Å². The van der Waals surface area contributed by atoms with Crippen molar-refractivity contribution in [2.45, 2.75) is 18.2 Å². The molecule has 16 heavy (non-hydrogen) atoms. The summed E-state index contributed by atoms with van der Waals surface area (Å²) in [6.45, 7) is 0.835. The Balaban J connectivity index is 2.60. The first-order valence-electron chi connectivity index (χ1n) is 4.77. The number of rotatable bonds is 5. The standard InChI is InChI=1S/C6H16N2O6P2/c9-15(10,11)5-1-2-6(16(12,13)14)7-3-4-8-6/h7-8H,1-5H2,(H2,9,10,11)(H2,12,13,14). The quantitative estimate of drug-likeness (QED) is 0.350. The first-order chi connectivity index (χ1) is 7.16. The van der Waals surface area contributed by atoms with Gasteiger partial charge in [0.1, 0.15) is 0 Å². The van der Waals surface area contributed by atoms with Gasteiger partial charge in [-0.25, -0.2) is 0 Å². The fourth-order valence-corrected chi connectivity index (χ4v) is 3.33. The Labute approximate surface area is 92.8 Å². The van der Waals surface area contributed by atoms with Crippen molar-refractivity contribution in [3.05, 3.63) is 0 Å². The molecular weight excluding hydrogens is 258 g/mol. The van der Waals surface area contributed by atoms with Crippen LogP contribution in [0.25, 0.3) is 0 Å². The molecule has 0 bridgehead atoms. The van der Waals surface area contributed by atoms with E-state index in [1.807, 2.05) is 0 Å². The average molecular weight is 274 g/mol. The summed E-state index contributed by atoms with van der Waals surface area (Å²) in [7, 11) is -8.51. The molecule has 1 aliphatic heterocycles. The van der Waals surface area contributed by atoms with Crippen molar-refractivity contribution >= 4 is 15.2 Å². The highest BCUT2D eigenvalue weighted by atomic mass is 31.2. The van der Waals surface area contributed by atoms with Gasteiger partial charge in [-0.1, -0.05) is 0 Å². The second-order valence-corrected chi connectivity index (χ2v) is 7.38. The van der Waals surface area contributed by atoms with E-state index in [9.17, 15) is 18.9 Å². The average Bonchev–Trinajstić information content (AvgIpc) is 2.50. The van der Waals surface area contributed by atoms with Gasteiger partial charge >= 0.3 is 15.2 Å². The van der Waals surface area contributed by atoms with Gasteiger partial charge in [-0.15, -0.1) is 0 Å². The van der Waals surface area contributed by atoms with Gasteiger partial charge < -0.3 is 19.6 Å². The Morgan fingerprint density at radius 3 is 1.94 bits per heavy atom. The molecule has 96 valence electrons. The summed E-state index contributed by atoms with van der Waals surface area (Å²) < 4.78 is 21.9. The summed E-state index contributed by atoms with van der Waals surface area (Å²) in [6, 6.07) is 0. The van der Waals surface area contributed by atoms with Gasteiger partial charge in [0.2, 0.25) is 0 Å². The second-order valence-electron chi connectivity index (χ2n) is 3.75. The fraction of sp³-hybridized carbons (Fsp3) is 1.00. The third-order valence-electron chi connectivity index (χ3n) is 2.45. The van der Waals surface area contributed by atoms with E-state index in [4.69, 9.17) is 9.79 Å². The molecule has 6 N–H and O–H groups in total. The zero-order valence-electron chi connectivity index (χ0n) is 8.54. The molecule has 1 fully saturated rings. The van der Waals surface area contributed by atoms with Gasteiger partial charge in [0.05, 0.1) is 0 Å². The van der Waals surface area contributed by atoms with Crippen molar-refractivity contribution < 1.29 is 28.7 Å². The van der Waals surface area contributed by atoms with Crippen LogP contribution in [0.15, 0.2) is 0 Å². The van der Waals surface area contributed by atoms with E-state index in [2.05, 4.69) is 10.6 Å². The summed E-state index contributed by atoms with van der Waals surface area (Å²) in [4.78, 5) is 35.7. The maximum absolute atomic E-state index is 11.3. The smallest absolute Gasteiger partial charge is 0.324 e. The lowest BCUT2D eigenvalue weighted by atomic mass is 10.3. The highest BCUT2D eigenvalue weighted by Crippen LogP contribution is 2.51. The predicted octanol–water partition coefficient (Wildman–Crippen LogP) is -1.03. The zero-order valence-corrected chi connectivity index (χ0v) is 10.3. The van der Waals surface area contributed by atoms with E-state index in [0.29, 0.717) is 13.1 Å². The van der Waals surface area contributed by atoms with Crippen molar-refractivity contribution in [2.75, 3.05) is 19.3 Å². The Kier molecular flexibility index (Phi) is 4.32.